The van der Waals surface area contributed by atoms with Crippen LogP contribution in [0, 0.1) is 22.7 Å². The van der Waals surface area contributed by atoms with Crippen LogP contribution < -0.4 is 0 Å². The number of fused-ring (bicyclic) bond motifs is 2. The highest BCUT2D eigenvalue weighted by molar-refractivity contribution is 5.85. The van der Waals surface area contributed by atoms with E-state index in [1.807, 2.05) is 6.08 Å². The number of hydrogen-bond donors (Lipinski definition) is 1. The van der Waals surface area contributed by atoms with Crippen molar-refractivity contribution >= 4 is 5.97 Å². The Labute approximate surface area is 97.7 Å². The molecule has 0 aliphatic heterocycles. The zero-order valence-electron chi connectivity index (χ0n) is 10.7. The van der Waals surface area contributed by atoms with Gasteiger partial charge in [0, 0.05) is 5.57 Å². The molecule has 2 nitrogen and oxygen atoms in total. The average molecular weight is 222 g/mol. The highest BCUT2D eigenvalue weighted by atomic mass is 16.4. The Morgan fingerprint density at radius 3 is 2.38 bits per heavy atom. The Morgan fingerprint density at radius 2 is 2.00 bits per heavy atom. The van der Waals surface area contributed by atoms with Crippen LogP contribution in [0.15, 0.2) is 11.6 Å². The van der Waals surface area contributed by atoms with Gasteiger partial charge in [0.1, 0.15) is 0 Å². The van der Waals surface area contributed by atoms with Crippen LogP contribution in [-0.2, 0) is 4.79 Å². The number of carbonyl (C=O) groups is 1. The molecule has 0 spiro atoms. The van der Waals surface area contributed by atoms with E-state index >= 15 is 0 Å². The van der Waals surface area contributed by atoms with E-state index in [4.69, 9.17) is 5.11 Å². The number of aliphatic carboxylic acids is 1. The lowest BCUT2D eigenvalue weighted by Crippen LogP contribution is -2.31. The van der Waals surface area contributed by atoms with Gasteiger partial charge in [-0.05, 0) is 48.9 Å². The van der Waals surface area contributed by atoms with Crippen molar-refractivity contribution in [3.05, 3.63) is 11.6 Å². The fourth-order valence-corrected chi connectivity index (χ4v) is 3.89. The predicted octanol–water partition coefficient (Wildman–Crippen LogP) is 3.48. The minimum Gasteiger partial charge on any atom is -0.478 e. The molecule has 2 aliphatic carbocycles. The Kier molecular flexibility index (Phi) is 2.45. The van der Waals surface area contributed by atoms with Crippen LogP contribution in [0.1, 0.15) is 47.0 Å². The monoisotopic (exact) mass is 222 g/mol. The Morgan fingerprint density at radius 1 is 1.38 bits per heavy atom. The van der Waals surface area contributed by atoms with Gasteiger partial charge in [-0.1, -0.05) is 26.8 Å². The fourth-order valence-electron chi connectivity index (χ4n) is 3.89. The molecule has 2 aliphatic rings. The molecule has 0 radical (unpaired) electrons. The Bertz CT molecular complexity index is 354. The zero-order valence-corrected chi connectivity index (χ0v) is 10.7. The first-order chi connectivity index (χ1) is 7.29. The SMILES string of the molecule is C/C(=C\C1C[C@@H]2CC[C@]1(C)C2(C)C)C(=O)O. The maximum absolute atomic E-state index is 10.9. The third kappa shape index (κ3) is 1.35. The molecule has 3 atom stereocenters. The molecule has 2 heteroatoms. The lowest BCUT2D eigenvalue weighted by molar-refractivity contribution is -0.132. The number of hydrogen-bond acceptors (Lipinski definition) is 1. The molecule has 0 aromatic heterocycles. The van der Waals surface area contributed by atoms with E-state index in [2.05, 4.69) is 20.8 Å². The maximum atomic E-state index is 10.9. The smallest absolute Gasteiger partial charge is 0.330 e. The van der Waals surface area contributed by atoms with Crippen molar-refractivity contribution in [1.82, 2.24) is 0 Å². The van der Waals surface area contributed by atoms with Crippen LogP contribution in [0.3, 0.4) is 0 Å². The second kappa shape index (κ2) is 3.35. The zero-order chi connectivity index (χ0) is 12.1. The standard InChI is InChI=1S/C14H22O2/c1-9(12(15)16)7-11-8-10-5-6-14(11,4)13(10,2)3/h7,10-11H,5-6,8H2,1-4H3,(H,15,16)/b9-7+/t10-,11?,14-/m0/s1. The van der Waals surface area contributed by atoms with Crippen LogP contribution in [0.25, 0.3) is 0 Å². The van der Waals surface area contributed by atoms with Crippen molar-refractivity contribution in [2.75, 3.05) is 0 Å². The normalized spacial score (nSPS) is 41.4. The van der Waals surface area contributed by atoms with Crippen molar-refractivity contribution in [3.63, 3.8) is 0 Å². The minimum absolute atomic E-state index is 0.300. The molecule has 0 saturated heterocycles. The fraction of sp³-hybridized carbons (Fsp3) is 0.786. The Hall–Kier alpha value is -0.790. The number of carboxylic acid groups (broad SMARTS) is 1. The van der Waals surface area contributed by atoms with Crippen LogP contribution in [0.5, 0.6) is 0 Å². The van der Waals surface area contributed by atoms with Crippen LogP contribution >= 0.6 is 0 Å². The summed E-state index contributed by atoms with van der Waals surface area (Å²) in [5, 5.41) is 8.96. The summed E-state index contributed by atoms with van der Waals surface area (Å²) in [7, 11) is 0. The van der Waals surface area contributed by atoms with Gasteiger partial charge in [0.15, 0.2) is 0 Å². The number of rotatable bonds is 2. The summed E-state index contributed by atoms with van der Waals surface area (Å²) in [5.41, 5.74) is 1.18. The van der Waals surface area contributed by atoms with Gasteiger partial charge in [-0.3, -0.25) is 0 Å². The molecule has 0 heterocycles. The van der Waals surface area contributed by atoms with Gasteiger partial charge in [0.2, 0.25) is 0 Å². The van der Waals surface area contributed by atoms with Gasteiger partial charge >= 0.3 is 5.97 Å². The Balaban J connectivity index is 2.29. The summed E-state index contributed by atoms with van der Waals surface area (Å²) in [5.74, 6) is 0.460. The van der Waals surface area contributed by atoms with Crippen molar-refractivity contribution in [1.29, 1.82) is 0 Å². The first-order valence-electron chi connectivity index (χ1n) is 6.21. The molecular weight excluding hydrogens is 200 g/mol. The predicted molar refractivity (Wildman–Crippen MR) is 64.1 cm³/mol. The van der Waals surface area contributed by atoms with Crippen LogP contribution in [-0.4, -0.2) is 11.1 Å². The van der Waals surface area contributed by atoms with E-state index in [1.54, 1.807) is 6.92 Å². The van der Waals surface area contributed by atoms with E-state index in [-0.39, 0.29) is 0 Å². The second-order valence-corrected chi connectivity index (χ2v) is 6.37. The topological polar surface area (TPSA) is 37.3 Å². The largest absolute Gasteiger partial charge is 0.478 e. The van der Waals surface area contributed by atoms with Crippen LogP contribution in [0.4, 0.5) is 0 Å². The molecule has 1 unspecified atom stereocenters. The van der Waals surface area contributed by atoms with E-state index < -0.39 is 5.97 Å². The molecule has 0 aromatic carbocycles. The molecule has 2 saturated carbocycles. The molecular formula is C14H22O2. The highest BCUT2D eigenvalue weighted by Crippen LogP contribution is 2.68. The first kappa shape index (κ1) is 11.7. The molecule has 1 N–H and O–H groups in total. The van der Waals surface area contributed by atoms with Gasteiger partial charge in [-0.15, -0.1) is 0 Å². The maximum Gasteiger partial charge on any atom is 0.330 e. The summed E-state index contributed by atoms with van der Waals surface area (Å²) in [6, 6.07) is 0. The van der Waals surface area contributed by atoms with Gasteiger partial charge < -0.3 is 5.11 Å². The highest BCUT2D eigenvalue weighted by Gasteiger charge is 2.60. The second-order valence-electron chi connectivity index (χ2n) is 6.37. The van der Waals surface area contributed by atoms with Crippen molar-refractivity contribution in [2.24, 2.45) is 22.7 Å². The number of carboxylic acids is 1. The molecule has 16 heavy (non-hydrogen) atoms. The van der Waals surface area contributed by atoms with E-state index in [0.29, 0.717) is 22.3 Å². The molecule has 2 fully saturated rings. The third-order valence-corrected chi connectivity index (χ3v) is 5.65. The lowest BCUT2D eigenvalue weighted by atomic mass is 9.66. The molecule has 0 amide bonds. The van der Waals surface area contributed by atoms with Crippen molar-refractivity contribution < 1.29 is 9.90 Å². The summed E-state index contributed by atoms with van der Waals surface area (Å²) < 4.78 is 0. The van der Waals surface area contributed by atoms with Gasteiger partial charge in [0.25, 0.3) is 0 Å². The summed E-state index contributed by atoms with van der Waals surface area (Å²) in [4.78, 5) is 10.9. The number of allylic oxidation sites excluding steroid dienone is 1. The van der Waals surface area contributed by atoms with Gasteiger partial charge in [-0.25, -0.2) is 4.79 Å². The van der Waals surface area contributed by atoms with Gasteiger partial charge in [-0.2, -0.15) is 0 Å². The van der Waals surface area contributed by atoms with Crippen LogP contribution in [0.2, 0.25) is 0 Å². The lowest BCUT2D eigenvalue weighted by Gasteiger charge is -2.38. The van der Waals surface area contributed by atoms with Crippen molar-refractivity contribution in [2.45, 2.75) is 47.0 Å². The molecule has 0 aromatic rings. The van der Waals surface area contributed by atoms with E-state index in [9.17, 15) is 4.79 Å². The minimum atomic E-state index is -0.774. The first-order valence-corrected chi connectivity index (χ1v) is 6.21. The quantitative estimate of drug-likeness (QED) is 0.726. The average Bonchev–Trinajstić information content (AvgIpc) is 2.50. The third-order valence-electron chi connectivity index (χ3n) is 5.65. The van der Waals surface area contributed by atoms with E-state index in [1.165, 1.54) is 19.3 Å². The molecule has 2 bridgehead atoms. The summed E-state index contributed by atoms with van der Waals surface area (Å²) >= 11 is 0. The molecule has 2 rings (SSSR count). The van der Waals surface area contributed by atoms with Gasteiger partial charge in [0.05, 0.1) is 0 Å². The summed E-state index contributed by atoms with van der Waals surface area (Å²) in [6.45, 7) is 8.77. The van der Waals surface area contributed by atoms with E-state index in [0.717, 1.165) is 5.92 Å². The molecule has 90 valence electrons. The summed E-state index contributed by atoms with van der Waals surface area (Å²) in [6.07, 6.45) is 5.75. The van der Waals surface area contributed by atoms with Crippen molar-refractivity contribution in [3.8, 4) is 0 Å².